The van der Waals surface area contributed by atoms with E-state index in [1.165, 1.54) is 11.3 Å². The molecule has 0 spiro atoms. The van der Waals surface area contributed by atoms with Crippen molar-refractivity contribution in [1.82, 2.24) is 4.57 Å². The molecule has 0 bridgehead atoms. The van der Waals surface area contributed by atoms with Crippen molar-refractivity contribution in [3.8, 4) is 17.2 Å². The van der Waals surface area contributed by atoms with Crippen LogP contribution in [-0.2, 0) is 16.1 Å². The number of thiazole rings is 1. The highest BCUT2D eigenvalue weighted by Crippen LogP contribution is 2.39. The second-order valence-electron chi connectivity index (χ2n) is 9.98. The fourth-order valence-electron chi connectivity index (χ4n) is 5.11. The van der Waals surface area contributed by atoms with Crippen molar-refractivity contribution in [2.24, 2.45) is 4.99 Å². The molecule has 2 aliphatic heterocycles. The van der Waals surface area contributed by atoms with Crippen molar-refractivity contribution in [2.75, 3.05) is 13.4 Å². The Morgan fingerprint density at radius 1 is 1.09 bits per heavy atom. The van der Waals surface area contributed by atoms with Gasteiger partial charge in [0.2, 0.25) is 6.79 Å². The summed E-state index contributed by atoms with van der Waals surface area (Å²) in [7, 11) is 0. The summed E-state index contributed by atoms with van der Waals surface area (Å²) in [5.41, 5.74) is 3.17. The zero-order chi connectivity index (χ0) is 29.9. The summed E-state index contributed by atoms with van der Waals surface area (Å²) in [5.74, 6) is 1.38. The molecular weight excluding hydrogens is 588 g/mol. The van der Waals surface area contributed by atoms with E-state index in [0.717, 1.165) is 17.5 Å². The molecule has 2 aliphatic rings. The summed E-state index contributed by atoms with van der Waals surface area (Å²) in [4.78, 5) is 32.7. The number of fused-ring (bicyclic) bond motifs is 2. The second-order valence-corrected chi connectivity index (χ2v) is 11.4. The van der Waals surface area contributed by atoms with E-state index in [9.17, 15) is 9.59 Å². The first-order valence-electron chi connectivity index (χ1n) is 14.0. The number of carbonyl (C=O) groups excluding carboxylic acids is 1. The van der Waals surface area contributed by atoms with Gasteiger partial charge in [0.05, 0.1) is 28.5 Å². The van der Waals surface area contributed by atoms with Gasteiger partial charge in [-0.15, -0.1) is 0 Å². The first-order chi connectivity index (χ1) is 21.0. The number of aromatic nitrogens is 1. The monoisotopic (exact) mass is 616 g/mol. The van der Waals surface area contributed by atoms with Gasteiger partial charge in [-0.1, -0.05) is 72.7 Å². The molecule has 0 amide bonds. The Bertz CT molecular complexity index is 1890. The summed E-state index contributed by atoms with van der Waals surface area (Å²) < 4.78 is 24.6. The minimum atomic E-state index is -0.728. The molecule has 4 aromatic rings. The first-order valence-corrected chi connectivity index (χ1v) is 15.2. The summed E-state index contributed by atoms with van der Waals surface area (Å²) in [6, 6.07) is 19.8. The standard InChI is InChI=1S/C33H29ClN2O6S/c1-3-7-25-29(32(38)39-4-2)30(21-12-15-26-27(17-21)42-19-41-26)36-31(37)28(43-33(36)35-25)16-20-10-13-23(14-11-20)40-18-22-8-5-6-9-24(22)34/h5-6,8-17,30H,3-4,7,18-19H2,1-2H3/b28-16-. The minimum absolute atomic E-state index is 0.118. The SMILES string of the molecule is CCCC1=C(C(=O)OCC)C(c2ccc3c(c2)OCO3)n2c(s/c(=C\c3ccc(OCc4ccccc4Cl)cc3)c2=O)=N1. The van der Waals surface area contributed by atoms with Gasteiger partial charge in [0.15, 0.2) is 16.3 Å². The third kappa shape index (κ3) is 5.83. The number of carbonyl (C=O) groups is 1. The van der Waals surface area contributed by atoms with Gasteiger partial charge >= 0.3 is 5.97 Å². The largest absolute Gasteiger partial charge is 0.489 e. The van der Waals surface area contributed by atoms with E-state index in [1.54, 1.807) is 17.6 Å². The quantitative estimate of drug-likeness (QED) is 0.230. The molecule has 8 nitrogen and oxygen atoms in total. The van der Waals surface area contributed by atoms with E-state index in [2.05, 4.69) is 0 Å². The van der Waals surface area contributed by atoms with Crippen molar-refractivity contribution in [1.29, 1.82) is 0 Å². The van der Waals surface area contributed by atoms with Crippen LogP contribution >= 0.6 is 22.9 Å². The molecule has 1 atom stereocenters. The maximum absolute atomic E-state index is 14.0. The van der Waals surface area contributed by atoms with Crippen molar-refractivity contribution < 1.29 is 23.7 Å². The van der Waals surface area contributed by atoms with Crippen LogP contribution in [0.15, 0.2) is 87.8 Å². The van der Waals surface area contributed by atoms with E-state index in [-0.39, 0.29) is 19.0 Å². The number of benzene rings is 3. The Balaban J connectivity index is 1.39. The van der Waals surface area contributed by atoms with Crippen molar-refractivity contribution in [2.45, 2.75) is 39.3 Å². The number of allylic oxidation sites excluding steroid dienone is 1. The Labute approximate surface area is 257 Å². The van der Waals surface area contributed by atoms with Crippen LogP contribution in [0.2, 0.25) is 5.02 Å². The summed E-state index contributed by atoms with van der Waals surface area (Å²) in [6.07, 6.45) is 3.16. The van der Waals surface area contributed by atoms with Gasteiger partial charge in [0.1, 0.15) is 12.4 Å². The lowest BCUT2D eigenvalue weighted by Crippen LogP contribution is -2.40. The maximum Gasteiger partial charge on any atom is 0.338 e. The van der Waals surface area contributed by atoms with Gasteiger partial charge in [-0.3, -0.25) is 9.36 Å². The fraction of sp³-hybridized carbons (Fsp3) is 0.242. The Morgan fingerprint density at radius 3 is 2.65 bits per heavy atom. The molecule has 3 heterocycles. The highest BCUT2D eigenvalue weighted by atomic mass is 35.5. The zero-order valence-electron chi connectivity index (χ0n) is 23.7. The normalized spacial score (nSPS) is 15.7. The molecule has 0 fully saturated rings. The van der Waals surface area contributed by atoms with Crippen LogP contribution in [0.5, 0.6) is 17.2 Å². The number of esters is 1. The van der Waals surface area contributed by atoms with Crippen LogP contribution < -0.4 is 29.1 Å². The van der Waals surface area contributed by atoms with Crippen LogP contribution in [-0.4, -0.2) is 23.9 Å². The van der Waals surface area contributed by atoms with Crippen LogP contribution in [0.3, 0.4) is 0 Å². The van der Waals surface area contributed by atoms with Gasteiger partial charge in [-0.2, -0.15) is 0 Å². The molecule has 0 N–H and O–H groups in total. The van der Waals surface area contributed by atoms with Crippen molar-refractivity contribution >= 4 is 35.0 Å². The second kappa shape index (κ2) is 12.5. The molecule has 0 radical (unpaired) electrons. The van der Waals surface area contributed by atoms with Gasteiger partial charge in [0.25, 0.3) is 5.56 Å². The molecular formula is C33H29ClN2O6S. The topological polar surface area (TPSA) is 88.4 Å². The summed E-state index contributed by atoms with van der Waals surface area (Å²) in [5, 5.41) is 0.654. The third-order valence-electron chi connectivity index (χ3n) is 7.13. The zero-order valence-corrected chi connectivity index (χ0v) is 25.2. The lowest BCUT2D eigenvalue weighted by atomic mass is 9.94. The van der Waals surface area contributed by atoms with Crippen LogP contribution in [0.4, 0.5) is 0 Å². The number of rotatable bonds is 9. The Morgan fingerprint density at radius 2 is 1.88 bits per heavy atom. The molecule has 6 rings (SSSR count). The van der Waals surface area contributed by atoms with E-state index < -0.39 is 12.0 Å². The fourth-order valence-corrected chi connectivity index (χ4v) is 6.32. The average Bonchev–Trinajstić information content (AvgIpc) is 3.60. The maximum atomic E-state index is 14.0. The molecule has 43 heavy (non-hydrogen) atoms. The molecule has 0 saturated heterocycles. The molecule has 220 valence electrons. The van der Waals surface area contributed by atoms with E-state index in [4.69, 9.17) is 35.5 Å². The lowest BCUT2D eigenvalue weighted by molar-refractivity contribution is -0.139. The molecule has 10 heteroatoms. The number of ether oxygens (including phenoxy) is 4. The van der Waals surface area contributed by atoms with E-state index in [0.29, 0.717) is 61.5 Å². The van der Waals surface area contributed by atoms with Gasteiger partial charge in [-0.25, -0.2) is 9.79 Å². The third-order valence-corrected chi connectivity index (χ3v) is 8.49. The van der Waals surface area contributed by atoms with Crippen LogP contribution in [0.25, 0.3) is 6.08 Å². The summed E-state index contributed by atoms with van der Waals surface area (Å²) in [6.45, 7) is 4.46. The molecule has 3 aromatic carbocycles. The molecule has 1 unspecified atom stereocenters. The summed E-state index contributed by atoms with van der Waals surface area (Å²) >= 11 is 7.53. The van der Waals surface area contributed by atoms with E-state index >= 15 is 0 Å². The number of hydrogen-bond donors (Lipinski definition) is 0. The van der Waals surface area contributed by atoms with Crippen molar-refractivity contribution in [3.63, 3.8) is 0 Å². The highest BCUT2D eigenvalue weighted by Gasteiger charge is 2.35. The van der Waals surface area contributed by atoms with E-state index in [1.807, 2.05) is 73.7 Å². The molecule has 0 saturated carbocycles. The first kappa shape index (κ1) is 28.8. The van der Waals surface area contributed by atoms with Gasteiger partial charge in [0, 0.05) is 10.6 Å². The lowest BCUT2D eigenvalue weighted by Gasteiger charge is -2.25. The predicted molar refractivity (Wildman–Crippen MR) is 164 cm³/mol. The highest BCUT2D eigenvalue weighted by molar-refractivity contribution is 7.07. The van der Waals surface area contributed by atoms with Gasteiger partial charge < -0.3 is 18.9 Å². The number of nitrogens with zero attached hydrogens (tertiary/aromatic N) is 2. The Hall–Kier alpha value is -4.34. The number of halogens is 1. The predicted octanol–water partition coefficient (Wildman–Crippen LogP) is 5.54. The smallest absolute Gasteiger partial charge is 0.338 e. The average molecular weight is 617 g/mol. The Kier molecular flexibility index (Phi) is 8.35. The number of hydrogen-bond acceptors (Lipinski definition) is 8. The van der Waals surface area contributed by atoms with Crippen molar-refractivity contribution in [3.05, 3.63) is 119 Å². The molecule has 1 aromatic heterocycles. The van der Waals surface area contributed by atoms with Crippen LogP contribution in [0, 0.1) is 0 Å². The van der Waals surface area contributed by atoms with Crippen LogP contribution in [0.1, 0.15) is 49.4 Å². The minimum Gasteiger partial charge on any atom is -0.489 e. The van der Waals surface area contributed by atoms with Gasteiger partial charge in [-0.05, 0) is 60.9 Å². The molecule has 0 aliphatic carbocycles.